The van der Waals surface area contributed by atoms with Gasteiger partial charge in [-0.25, -0.2) is 0 Å². The molecule has 5 heteroatoms. The Kier molecular flexibility index (Phi) is 5.32. The van der Waals surface area contributed by atoms with Gasteiger partial charge in [0.1, 0.15) is 0 Å². The molecule has 0 aliphatic rings. The Balaban J connectivity index is 2.03. The van der Waals surface area contributed by atoms with E-state index in [1.807, 2.05) is 52.0 Å². The molecule has 5 nitrogen and oxygen atoms in total. The summed E-state index contributed by atoms with van der Waals surface area (Å²) in [7, 11) is 0. The number of amides is 2. The van der Waals surface area contributed by atoms with Crippen LogP contribution < -0.4 is 10.6 Å². The maximum absolute atomic E-state index is 12.3. The molecule has 23 heavy (non-hydrogen) atoms. The van der Waals surface area contributed by atoms with Crippen molar-refractivity contribution in [1.29, 1.82) is 0 Å². The largest absolute Gasteiger partial charge is 0.354 e. The highest BCUT2D eigenvalue weighted by Crippen LogP contribution is 2.18. The molecular weight excluding hydrogens is 290 g/mol. The molecule has 0 fully saturated rings. The molecule has 0 spiro atoms. The molecule has 2 rings (SSSR count). The maximum atomic E-state index is 12.3. The molecule has 0 bridgehead atoms. The molecular formula is C18H23N3O2. The summed E-state index contributed by atoms with van der Waals surface area (Å²) in [5.74, 6) is -0.239. The molecule has 0 aliphatic carbocycles. The number of aromatic nitrogens is 1. The minimum Gasteiger partial charge on any atom is -0.354 e. The topological polar surface area (TPSA) is 71.1 Å². The van der Waals surface area contributed by atoms with Crippen molar-refractivity contribution in [3.8, 4) is 0 Å². The van der Waals surface area contributed by atoms with E-state index in [0.717, 1.165) is 16.5 Å². The van der Waals surface area contributed by atoms with Gasteiger partial charge < -0.3 is 10.6 Å². The minimum atomic E-state index is -0.169. The number of rotatable bonds is 5. The van der Waals surface area contributed by atoms with Gasteiger partial charge in [0.15, 0.2) is 0 Å². The van der Waals surface area contributed by atoms with E-state index in [0.29, 0.717) is 24.3 Å². The van der Waals surface area contributed by atoms with Crippen LogP contribution in [0.25, 0.3) is 10.9 Å². The molecule has 0 unspecified atom stereocenters. The molecule has 2 aromatic rings. The number of carbonyl (C=O) groups excluding carboxylic acids is 2. The van der Waals surface area contributed by atoms with Gasteiger partial charge in [0.25, 0.3) is 5.91 Å². The van der Waals surface area contributed by atoms with Crippen LogP contribution >= 0.6 is 0 Å². The van der Waals surface area contributed by atoms with Crippen molar-refractivity contribution in [3.05, 3.63) is 41.1 Å². The lowest BCUT2D eigenvalue weighted by Gasteiger charge is -2.10. The van der Waals surface area contributed by atoms with E-state index in [1.54, 1.807) is 0 Å². The third-order valence-corrected chi connectivity index (χ3v) is 3.64. The van der Waals surface area contributed by atoms with Gasteiger partial charge in [-0.05, 0) is 32.0 Å². The van der Waals surface area contributed by atoms with Crippen molar-refractivity contribution >= 4 is 22.7 Å². The van der Waals surface area contributed by atoms with E-state index in [2.05, 4.69) is 15.6 Å². The summed E-state index contributed by atoms with van der Waals surface area (Å²) in [6.07, 6.45) is 0. The lowest BCUT2D eigenvalue weighted by atomic mass is 10.1. The van der Waals surface area contributed by atoms with Crippen LogP contribution in [0.2, 0.25) is 0 Å². The Morgan fingerprint density at radius 2 is 1.78 bits per heavy atom. The van der Waals surface area contributed by atoms with Crippen LogP contribution in [0.3, 0.4) is 0 Å². The number of hydrogen-bond acceptors (Lipinski definition) is 3. The van der Waals surface area contributed by atoms with Crippen molar-refractivity contribution in [1.82, 2.24) is 15.6 Å². The highest BCUT2D eigenvalue weighted by molar-refractivity contribution is 5.98. The number of carbonyl (C=O) groups is 2. The van der Waals surface area contributed by atoms with Gasteiger partial charge >= 0.3 is 0 Å². The molecule has 1 heterocycles. The van der Waals surface area contributed by atoms with Gasteiger partial charge in [-0.3, -0.25) is 14.6 Å². The Morgan fingerprint density at radius 3 is 2.48 bits per heavy atom. The van der Waals surface area contributed by atoms with Gasteiger partial charge in [0.05, 0.1) is 16.8 Å². The third-order valence-electron chi connectivity index (χ3n) is 3.64. The summed E-state index contributed by atoms with van der Waals surface area (Å²) in [5, 5.41) is 6.54. The average Bonchev–Trinajstić information content (AvgIpc) is 2.50. The number of aryl methyl sites for hydroxylation is 2. The zero-order valence-corrected chi connectivity index (χ0v) is 14.1. The van der Waals surface area contributed by atoms with E-state index >= 15 is 0 Å². The van der Waals surface area contributed by atoms with Crippen molar-refractivity contribution in [2.75, 3.05) is 13.1 Å². The van der Waals surface area contributed by atoms with Gasteiger partial charge in [0.2, 0.25) is 5.91 Å². The average molecular weight is 313 g/mol. The van der Waals surface area contributed by atoms with Crippen molar-refractivity contribution in [3.63, 3.8) is 0 Å². The van der Waals surface area contributed by atoms with Crippen LogP contribution in [0.5, 0.6) is 0 Å². The van der Waals surface area contributed by atoms with Gasteiger partial charge in [-0.15, -0.1) is 0 Å². The second-order valence-corrected chi connectivity index (χ2v) is 6.02. The Hall–Kier alpha value is -2.43. The highest BCUT2D eigenvalue weighted by Gasteiger charge is 2.12. The first-order valence-electron chi connectivity index (χ1n) is 7.82. The normalized spacial score (nSPS) is 10.8. The maximum Gasteiger partial charge on any atom is 0.253 e. The monoisotopic (exact) mass is 313 g/mol. The van der Waals surface area contributed by atoms with E-state index < -0.39 is 0 Å². The first kappa shape index (κ1) is 16.9. The highest BCUT2D eigenvalue weighted by atomic mass is 16.2. The van der Waals surface area contributed by atoms with Crippen LogP contribution in [0.1, 0.15) is 35.5 Å². The lowest BCUT2D eigenvalue weighted by molar-refractivity contribution is -0.123. The number of nitrogens with one attached hydrogen (secondary N) is 2. The number of benzene rings is 1. The Morgan fingerprint density at radius 1 is 1.09 bits per heavy atom. The van der Waals surface area contributed by atoms with Gasteiger partial charge in [-0.1, -0.05) is 25.5 Å². The molecule has 1 aromatic carbocycles. The Labute approximate surface area is 136 Å². The molecule has 2 N–H and O–H groups in total. The van der Waals surface area contributed by atoms with Crippen LogP contribution in [0.4, 0.5) is 0 Å². The van der Waals surface area contributed by atoms with Crippen LogP contribution in [-0.4, -0.2) is 29.9 Å². The minimum absolute atomic E-state index is 0.0155. The van der Waals surface area contributed by atoms with Crippen molar-refractivity contribution in [2.24, 2.45) is 5.92 Å². The molecule has 0 saturated carbocycles. The summed E-state index contributed by atoms with van der Waals surface area (Å²) in [5.41, 5.74) is 3.28. The van der Waals surface area contributed by atoms with Gasteiger partial charge in [0, 0.05) is 24.4 Å². The fourth-order valence-electron chi connectivity index (χ4n) is 2.28. The summed E-state index contributed by atoms with van der Waals surface area (Å²) in [6, 6.07) is 7.85. The van der Waals surface area contributed by atoms with E-state index in [1.165, 1.54) is 0 Å². The lowest BCUT2D eigenvalue weighted by Crippen LogP contribution is -2.36. The molecule has 2 amide bonds. The second-order valence-electron chi connectivity index (χ2n) is 6.02. The fraction of sp³-hybridized carbons (Fsp3) is 0.389. The molecule has 0 saturated heterocycles. The first-order valence-corrected chi connectivity index (χ1v) is 7.82. The Bertz CT molecular complexity index is 738. The molecule has 0 atom stereocenters. The van der Waals surface area contributed by atoms with Crippen LogP contribution in [0, 0.1) is 19.8 Å². The van der Waals surface area contributed by atoms with E-state index in [-0.39, 0.29) is 17.7 Å². The molecule has 0 radical (unpaired) electrons. The number of fused-ring (bicyclic) bond motifs is 1. The second kappa shape index (κ2) is 7.22. The van der Waals surface area contributed by atoms with Crippen molar-refractivity contribution in [2.45, 2.75) is 27.7 Å². The first-order chi connectivity index (χ1) is 10.9. The number of nitrogens with zero attached hydrogens (tertiary/aromatic N) is 1. The summed E-state index contributed by atoms with van der Waals surface area (Å²) in [4.78, 5) is 28.3. The smallest absolute Gasteiger partial charge is 0.253 e. The van der Waals surface area contributed by atoms with E-state index in [9.17, 15) is 9.59 Å². The van der Waals surface area contributed by atoms with Crippen molar-refractivity contribution < 1.29 is 9.59 Å². The SMILES string of the molecule is Cc1ccc2nc(C)c(C(=O)NCCNC(=O)C(C)C)cc2c1. The standard InChI is InChI=1S/C18H23N3O2/c1-11(2)17(22)19-7-8-20-18(23)15-10-14-9-12(3)5-6-16(14)21-13(15)4/h5-6,9-11H,7-8H2,1-4H3,(H,19,22)(H,20,23). The summed E-state index contributed by atoms with van der Waals surface area (Å²) >= 11 is 0. The zero-order valence-electron chi connectivity index (χ0n) is 14.1. The zero-order chi connectivity index (χ0) is 17.0. The van der Waals surface area contributed by atoms with E-state index in [4.69, 9.17) is 0 Å². The summed E-state index contributed by atoms with van der Waals surface area (Å²) < 4.78 is 0. The number of hydrogen-bond donors (Lipinski definition) is 2. The molecule has 1 aromatic heterocycles. The van der Waals surface area contributed by atoms with Crippen LogP contribution in [-0.2, 0) is 4.79 Å². The van der Waals surface area contributed by atoms with Crippen LogP contribution in [0.15, 0.2) is 24.3 Å². The summed E-state index contributed by atoms with van der Waals surface area (Å²) in [6.45, 7) is 8.32. The quantitative estimate of drug-likeness (QED) is 0.832. The molecule has 122 valence electrons. The van der Waals surface area contributed by atoms with Gasteiger partial charge in [-0.2, -0.15) is 0 Å². The fourth-order valence-corrected chi connectivity index (χ4v) is 2.28. The molecule has 0 aliphatic heterocycles. The predicted octanol–water partition coefficient (Wildman–Crippen LogP) is 2.35. The predicted molar refractivity (Wildman–Crippen MR) is 91.4 cm³/mol. The third kappa shape index (κ3) is 4.28. The number of pyridine rings is 1.